The molecule has 0 spiro atoms. The number of rotatable bonds is 7. The molecule has 0 saturated carbocycles. The van der Waals surface area contributed by atoms with Crippen molar-refractivity contribution in [1.82, 2.24) is 9.88 Å². The molecule has 1 aliphatic rings. The maximum atomic E-state index is 12.9. The summed E-state index contributed by atoms with van der Waals surface area (Å²) in [6.45, 7) is 6.18. The first-order chi connectivity index (χ1) is 17.7. The second-order valence-electron chi connectivity index (χ2n) is 8.65. The molecular weight excluding hydrogens is 505 g/mol. The van der Waals surface area contributed by atoms with Crippen LogP contribution in [0.5, 0.6) is 0 Å². The van der Waals surface area contributed by atoms with Crippen molar-refractivity contribution in [3.8, 4) is 11.1 Å². The van der Waals surface area contributed by atoms with Crippen molar-refractivity contribution < 1.29 is 27.5 Å². The standard InChI is InChI=1S/C26H27F3N4O3S/c1-3-36-25(35)23-20(18-6-4-17(2)5-7-18)16-37-24(23)31-22(34)15-32-10-12-33(13-11-32)21-9-8-19(14-30-21)26(27,28)29/h4-9,14,16H,3,10-13,15H2,1-2H3,(H,31,34). The predicted molar refractivity (Wildman–Crippen MR) is 137 cm³/mol. The number of alkyl halides is 3. The predicted octanol–water partition coefficient (Wildman–Crippen LogP) is 5.07. The molecule has 196 valence electrons. The lowest BCUT2D eigenvalue weighted by molar-refractivity contribution is -0.137. The van der Waals surface area contributed by atoms with E-state index in [-0.39, 0.29) is 19.1 Å². The van der Waals surface area contributed by atoms with Gasteiger partial charge in [-0.2, -0.15) is 13.2 Å². The number of halogens is 3. The number of piperazine rings is 1. The van der Waals surface area contributed by atoms with Crippen molar-refractivity contribution in [2.45, 2.75) is 20.0 Å². The van der Waals surface area contributed by atoms with Gasteiger partial charge in [-0.1, -0.05) is 29.8 Å². The molecule has 2 aromatic heterocycles. The number of carbonyl (C=O) groups is 2. The molecule has 0 atom stereocenters. The first kappa shape index (κ1) is 26.6. The van der Waals surface area contributed by atoms with Crippen LogP contribution >= 0.6 is 11.3 Å². The first-order valence-corrected chi connectivity index (χ1v) is 12.7. The maximum absolute atomic E-state index is 12.9. The van der Waals surface area contributed by atoms with Gasteiger partial charge in [-0.05, 0) is 31.5 Å². The van der Waals surface area contributed by atoms with Gasteiger partial charge in [0, 0.05) is 43.3 Å². The SMILES string of the molecule is CCOC(=O)c1c(-c2ccc(C)cc2)csc1NC(=O)CN1CCN(c2ccc(C(F)(F)F)cn2)CC1. The Balaban J connectivity index is 1.38. The van der Waals surface area contributed by atoms with Gasteiger partial charge < -0.3 is 15.0 Å². The van der Waals surface area contributed by atoms with Crippen LogP contribution in [0.25, 0.3) is 11.1 Å². The number of aryl methyl sites for hydroxylation is 1. The van der Waals surface area contributed by atoms with Gasteiger partial charge in [0.2, 0.25) is 5.91 Å². The Bertz CT molecular complexity index is 1240. The van der Waals surface area contributed by atoms with Crippen molar-refractivity contribution in [3.63, 3.8) is 0 Å². The van der Waals surface area contributed by atoms with Crippen molar-refractivity contribution in [3.05, 3.63) is 64.7 Å². The fourth-order valence-corrected chi connectivity index (χ4v) is 5.02. The van der Waals surface area contributed by atoms with E-state index in [9.17, 15) is 22.8 Å². The number of nitrogens with one attached hydrogen (secondary N) is 1. The topological polar surface area (TPSA) is 74.8 Å². The second-order valence-corrected chi connectivity index (χ2v) is 9.53. The van der Waals surface area contributed by atoms with E-state index >= 15 is 0 Å². The quantitative estimate of drug-likeness (QED) is 0.428. The minimum atomic E-state index is -4.42. The summed E-state index contributed by atoms with van der Waals surface area (Å²) >= 11 is 1.27. The number of thiophene rings is 1. The van der Waals surface area contributed by atoms with Crippen LogP contribution in [0.15, 0.2) is 48.0 Å². The molecular formula is C26H27F3N4O3S. The third-order valence-corrected chi connectivity index (χ3v) is 6.92. The number of aromatic nitrogens is 1. The molecule has 1 amide bonds. The van der Waals surface area contributed by atoms with Crippen LogP contribution in [-0.2, 0) is 15.7 Å². The summed E-state index contributed by atoms with van der Waals surface area (Å²) in [5.74, 6) is -0.283. The van der Waals surface area contributed by atoms with E-state index in [0.29, 0.717) is 48.1 Å². The number of hydrogen-bond acceptors (Lipinski definition) is 7. The fraction of sp³-hybridized carbons (Fsp3) is 0.346. The molecule has 1 aliphatic heterocycles. The minimum absolute atomic E-state index is 0.119. The summed E-state index contributed by atoms with van der Waals surface area (Å²) in [7, 11) is 0. The lowest BCUT2D eigenvalue weighted by atomic mass is 10.0. The second kappa shape index (κ2) is 11.3. The zero-order valence-electron chi connectivity index (χ0n) is 20.5. The Morgan fingerprint density at radius 3 is 2.38 bits per heavy atom. The van der Waals surface area contributed by atoms with Crippen LogP contribution in [-0.4, -0.2) is 61.1 Å². The molecule has 3 aromatic rings. The molecule has 37 heavy (non-hydrogen) atoms. The number of benzene rings is 1. The monoisotopic (exact) mass is 532 g/mol. The van der Waals surface area contributed by atoms with Crippen LogP contribution in [0.2, 0.25) is 0 Å². The smallest absolute Gasteiger partial charge is 0.417 e. The number of amides is 1. The highest BCUT2D eigenvalue weighted by Crippen LogP contribution is 2.36. The number of ether oxygens (including phenoxy) is 1. The van der Waals surface area contributed by atoms with Crippen LogP contribution in [0.3, 0.4) is 0 Å². The fourth-order valence-electron chi connectivity index (χ4n) is 4.05. The molecule has 1 N–H and O–H groups in total. The number of anilines is 2. The summed E-state index contributed by atoms with van der Waals surface area (Å²) in [5.41, 5.74) is 2.21. The highest BCUT2D eigenvalue weighted by atomic mass is 32.1. The van der Waals surface area contributed by atoms with Crippen molar-refractivity contribution in [2.24, 2.45) is 0 Å². The Hall–Kier alpha value is -3.44. The molecule has 1 aromatic carbocycles. The van der Waals surface area contributed by atoms with Gasteiger partial charge in [0.05, 0.1) is 18.7 Å². The summed E-state index contributed by atoms with van der Waals surface area (Å²) in [6.07, 6.45) is -3.59. The zero-order valence-corrected chi connectivity index (χ0v) is 21.3. The van der Waals surface area contributed by atoms with Crippen LogP contribution < -0.4 is 10.2 Å². The number of esters is 1. The Kier molecular flexibility index (Phi) is 8.13. The highest BCUT2D eigenvalue weighted by molar-refractivity contribution is 7.15. The van der Waals surface area contributed by atoms with E-state index in [1.807, 2.05) is 46.4 Å². The van der Waals surface area contributed by atoms with Crippen LogP contribution in [0.4, 0.5) is 24.0 Å². The first-order valence-electron chi connectivity index (χ1n) is 11.8. The van der Waals surface area contributed by atoms with Gasteiger partial charge in [0.1, 0.15) is 16.4 Å². The summed E-state index contributed by atoms with van der Waals surface area (Å²) < 4.78 is 43.6. The molecule has 0 bridgehead atoms. The minimum Gasteiger partial charge on any atom is -0.462 e. The van der Waals surface area contributed by atoms with Gasteiger partial charge in [0.25, 0.3) is 0 Å². The maximum Gasteiger partial charge on any atom is 0.417 e. The van der Waals surface area contributed by atoms with Crippen LogP contribution in [0, 0.1) is 6.92 Å². The van der Waals surface area contributed by atoms with E-state index in [2.05, 4.69) is 10.3 Å². The summed E-state index contributed by atoms with van der Waals surface area (Å²) in [6, 6.07) is 10.2. The molecule has 7 nitrogen and oxygen atoms in total. The number of nitrogens with zero attached hydrogens (tertiary/aromatic N) is 3. The number of hydrogen-bond donors (Lipinski definition) is 1. The van der Waals surface area contributed by atoms with Crippen molar-refractivity contribution >= 4 is 34.0 Å². The molecule has 0 unspecified atom stereocenters. The third kappa shape index (κ3) is 6.47. The van der Waals surface area contributed by atoms with Gasteiger partial charge >= 0.3 is 12.1 Å². The Morgan fingerprint density at radius 1 is 1.08 bits per heavy atom. The van der Waals surface area contributed by atoms with Crippen LogP contribution in [0.1, 0.15) is 28.4 Å². The molecule has 4 rings (SSSR count). The van der Waals surface area contributed by atoms with E-state index in [1.165, 1.54) is 17.4 Å². The van der Waals surface area contributed by atoms with E-state index in [1.54, 1.807) is 6.92 Å². The lowest BCUT2D eigenvalue weighted by Crippen LogP contribution is -2.49. The van der Waals surface area contributed by atoms with Crippen molar-refractivity contribution in [1.29, 1.82) is 0 Å². The number of pyridine rings is 1. The average Bonchev–Trinajstić information content (AvgIpc) is 3.28. The molecule has 0 radical (unpaired) electrons. The summed E-state index contributed by atoms with van der Waals surface area (Å²) in [5, 5.41) is 5.14. The van der Waals surface area contributed by atoms with Crippen molar-refractivity contribution in [2.75, 3.05) is 49.5 Å². The van der Waals surface area contributed by atoms with Gasteiger partial charge in [-0.15, -0.1) is 11.3 Å². The van der Waals surface area contributed by atoms with Gasteiger partial charge in [0.15, 0.2) is 0 Å². The van der Waals surface area contributed by atoms with E-state index in [4.69, 9.17) is 4.74 Å². The zero-order chi connectivity index (χ0) is 26.6. The lowest BCUT2D eigenvalue weighted by Gasteiger charge is -2.35. The Labute approximate surface area is 216 Å². The Morgan fingerprint density at radius 2 is 1.78 bits per heavy atom. The largest absolute Gasteiger partial charge is 0.462 e. The van der Waals surface area contributed by atoms with Gasteiger partial charge in [-0.3, -0.25) is 9.69 Å². The molecule has 11 heteroatoms. The molecule has 1 saturated heterocycles. The molecule has 0 aliphatic carbocycles. The normalized spacial score (nSPS) is 14.5. The average molecular weight is 533 g/mol. The molecule has 3 heterocycles. The number of carbonyl (C=O) groups excluding carboxylic acids is 2. The third-order valence-electron chi connectivity index (χ3n) is 6.02. The molecule has 1 fully saturated rings. The highest BCUT2D eigenvalue weighted by Gasteiger charge is 2.31. The summed E-state index contributed by atoms with van der Waals surface area (Å²) in [4.78, 5) is 33.4. The van der Waals surface area contributed by atoms with E-state index in [0.717, 1.165) is 23.4 Å². The van der Waals surface area contributed by atoms with Gasteiger partial charge in [-0.25, -0.2) is 9.78 Å². The van der Waals surface area contributed by atoms with E-state index < -0.39 is 17.7 Å².